The number of carbonyl (C=O) groups excluding carboxylic acids is 2. The van der Waals surface area contributed by atoms with E-state index in [0.717, 1.165) is 0 Å². The zero-order chi connectivity index (χ0) is 14.5. The van der Waals surface area contributed by atoms with E-state index in [1.807, 2.05) is 0 Å². The third-order valence-electron chi connectivity index (χ3n) is 3.00. The van der Waals surface area contributed by atoms with Gasteiger partial charge in [-0.1, -0.05) is 0 Å². The number of carbonyl (C=O) groups is 3. The molecule has 1 rings (SSSR count). The van der Waals surface area contributed by atoms with Crippen LogP contribution in [0.15, 0.2) is 0 Å². The molecule has 1 fully saturated rings. The topological polar surface area (TPSA) is 105 Å². The van der Waals surface area contributed by atoms with Crippen molar-refractivity contribution in [2.45, 2.75) is 18.4 Å². The van der Waals surface area contributed by atoms with E-state index in [2.05, 4.69) is 10.1 Å². The number of esters is 1. The van der Waals surface area contributed by atoms with Crippen LogP contribution in [-0.2, 0) is 19.1 Å². The summed E-state index contributed by atoms with van der Waals surface area (Å²) in [6, 6.07) is -0.559. The zero-order valence-electron chi connectivity index (χ0n) is 11.0. The molecule has 0 spiro atoms. The molecule has 0 radical (unpaired) electrons. The fourth-order valence-electron chi connectivity index (χ4n) is 1.65. The van der Waals surface area contributed by atoms with Crippen LogP contribution in [-0.4, -0.2) is 67.4 Å². The third-order valence-corrected chi connectivity index (χ3v) is 3.00. The van der Waals surface area contributed by atoms with E-state index >= 15 is 0 Å². The Balaban J connectivity index is 2.53. The maximum atomic E-state index is 11.9. The highest BCUT2D eigenvalue weighted by Crippen LogP contribution is 2.19. The van der Waals surface area contributed by atoms with Crippen molar-refractivity contribution in [2.24, 2.45) is 0 Å². The molecule has 0 aromatic heterocycles. The number of aliphatic carboxylic acids is 1. The van der Waals surface area contributed by atoms with Crippen molar-refractivity contribution < 1.29 is 29.0 Å². The lowest BCUT2D eigenvalue weighted by Crippen LogP contribution is -2.58. The Morgan fingerprint density at radius 1 is 1.47 bits per heavy atom. The summed E-state index contributed by atoms with van der Waals surface area (Å²) in [7, 11) is 2.74. The van der Waals surface area contributed by atoms with Gasteiger partial charge in [0.15, 0.2) is 5.54 Å². The molecule has 0 bridgehead atoms. The molecular weight excluding hydrogens is 256 g/mol. The Morgan fingerprint density at radius 3 is 2.63 bits per heavy atom. The van der Waals surface area contributed by atoms with E-state index in [1.165, 1.54) is 19.1 Å². The molecule has 2 amide bonds. The molecule has 1 unspecified atom stereocenters. The number of urea groups is 1. The first-order valence-electron chi connectivity index (χ1n) is 5.82. The van der Waals surface area contributed by atoms with E-state index in [1.54, 1.807) is 0 Å². The van der Waals surface area contributed by atoms with Gasteiger partial charge in [0.1, 0.15) is 0 Å². The summed E-state index contributed by atoms with van der Waals surface area (Å²) in [5.74, 6) is -1.56. The highest BCUT2D eigenvalue weighted by molar-refractivity contribution is 5.86. The normalized spacial score (nSPS) is 21.8. The van der Waals surface area contributed by atoms with Crippen LogP contribution in [0.2, 0.25) is 0 Å². The molecule has 1 saturated heterocycles. The zero-order valence-corrected chi connectivity index (χ0v) is 11.0. The number of nitrogens with one attached hydrogen (secondary N) is 1. The molecule has 1 aliphatic heterocycles. The van der Waals surface area contributed by atoms with Crippen molar-refractivity contribution in [3.8, 4) is 0 Å². The number of hydrogen-bond acceptors (Lipinski definition) is 5. The fourth-order valence-corrected chi connectivity index (χ4v) is 1.65. The molecule has 0 saturated carbocycles. The number of amides is 2. The second kappa shape index (κ2) is 6.37. The lowest BCUT2D eigenvalue weighted by atomic mass is 9.99. The van der Waals surface area contributed by atoms with Crippen LogP contribution in [0.25, 0.3) is 0 Å². The average Bonchev–Trinajstić information content (AvgIpc) is 2.85. The van der Waals surface area contributed by atoms with Crippen LogP contribution in [0.3, 0.4) is 0 Å². The van der Waals surface area contributed by atoms with Gasteiger partial charge in [0.2, 0.25) is 0 Å². The Bertz CT molecular complexity index is 364. The van der Waals surface area contributed by atoms with Crippen molar-refractivity contribution in [3.05, 3.63) is 0 Å². The van der Waals surface area contributed by atoms with E-state index < -0.39 is 23.5 Å². The molecule has 2 N–H and O–H groups in total. The summed E-state index contributed by atoms with van der Waals surface area (Å²) in [6.07, 6.45) is 0.274. The number of methoxy groups -OCH3 is 1. The fraction of sp³-hybridized carbons (Fsp3) is 0.727. The first-order valence-corrected chi connectivity index (χ1v) is 5.82. The molecule has 1 atom stereocenters. The Morgan fingerprint density at radius 2 is 2.16 bits per heavy atom. The molecule has 0 aromatic rings. The van der Waals surface area contributed by atoms with Gasteiger partial charge in [0.25, 0.3) is 0 Å². The molecule has 1 aliphatic rings. The second-order valence-electron chi connectivity index (χ2n) is 4.37. The molecule has 1 heterocycles. The number of nitrogens with zero attached hydrogens (tertiary/aromatic N) is 1. The third kappa shape index (κ3) is 3.82. The predicted octanol–water partition coefficient (Wildman–Crippen LogP) is -0.565. The summed E-state index contributed by atoms with van der Waals surface area (Å²) in [5.41, 5.74) is -1.38. The SMILES string of the molecule is COC(=O)CCN(C)C(=O)NC1(C(=O)O)CCOC1. The smallest absolute Gasteiger partial charge is 0.332 e. The van der Waals surface area contributed by atoms with Gasteiger partial charge in [0, 0.05) is 26.6 Å². The molecular formula is C11H18N2O6. The first kappa shape index (κ1) is 15.2. The van der Waals surface area contributed by atoms with E-state index in [4.69, 9.17) is 9.84 Å². The van der Waals surface area contributed by atoms with Gasteiger partial charge in [-0.2, -0.15) is 0 Å². The van der Waals surface area contributed by atoms with Crippen molar-refractivity contribution in [2.75, 3.05) is 33.9 Å². The minimum absolute atomic E-state index is 0.0526. The number of carboxylic acids is 1. The number of ether oxygens (including phenoxy) is 2. The monoisotopic (exact) mass is 274 g/mol. The van der Waals surface area contributed by atoms with Crippen LogP contribution in [0.4, 0.5) is 4.79 Å². The highest BCUT2D eigenvalue weighted by atomic mass is 16.5. The highest BCUT2D eigenvalue weighted by Gasteiger charge is 2.44. The van der Waals surface area contributed by atoms with Gasteiger partial charge < -0.3 is 24.8 Å². The number of carboxylic acid groups (broad SMARTS) is 1. The summed E-state index contributed by atoms with van der Waals surface area (Å²) in [4.78, 5) is 35.3. The minimum Gasteiger partial charge on any atom is -0.479 e. The minimum atomic E-state index is -1.38. The quantitative estimate of drug-likeness (QED) is 0.651. The second-order valence-corrected chi connectivity index (χ2v) is 4.37. The Labute approximate surface area is 110 Å². The predicted molar refractivity (Wildman–Crippen MR) is 63.6 cm³/mol. The van der Waals surface area contributed by atoms with Crippen molar-refractivity contribution >= 4 is 18.0 Å². The van der Waals surface area contributed by atoms with E-state index in [0.29, 0.717) is 6.61 Å². The first-order chi connectivity index (χ1) is 8.91. The van der Waals surface area contributed by atoms with Crippen molar-refractivity contribution in [3.63, 3.8) is 0 Å². The van der Waals surface area contributed by atoms with E-state index in [-0.39, 0.29) is 26.0 Å². The summed E-state index contributed by atoms with van der Waals surface area (Å²) in [5, 5.41) is 11.6. The maximum Gasteiger partial charge on any atom is 0.332 e. The standard InChI is InChI=1S/C11H18N2O6/c1-13(5-3-8(14)18-2)10(17)12-11(9(15)16)4-6-19-7-11/h3-7H2,1-2H3,(H,12,17)(H,15,16). The van der Waals surface area contributed by atoms with Crippen molar-refractivity contribution in [1.29, 1.82) is 0 Å². The largest absolute Gasteiger partial charge is 0.479 e. The van der Waals surface area contributed by atoms with Crippen LogP contribution >= 0.6 is 0 Å². The Hall–Kier alpha value is -1.83. The van der Waals surface area contributed by atoms with Gasteiger partial charge in [-0.25, -0.2) is 9.59 Å². The number of hydrogen-bond donors (Lipinski definition) is 2. The maximum absolute atomic E-state index is 11.9. The summed E-state index contributed by atoms with van der Waals surface area (Å²) in [6.45, 7) is 0.381. The lowest BCUT2D eigenvalue weighted by molar-refractivity contribution is -0.144. The van der Waals surface area contributed by atoms with Gasteiger partial charge >= 0.3 is 18.0 Å². The molecule has 8 heteroatoms. The molecule has 0 aliphatic carbocycles. The summed E-state index contributed by atoms with van der Waals surface area (Å²) < 4.78 is 9.49. The van der Waals surface area contributed by atoms with E-state index in [9.17, 15) is 14.4 Å². The van der Waals surface area contributed by atoms with Gasteiger partial charge in [-0.3, -0.25) is 4.79 Å². The van der Waals surface area contributed by atoms with Crippen LogP contribution in [0.1, 0.15) is 12.8 Å². The van der Waals surface area contributed by atoms with Gasteiger partial charge in [0.05, 0.1) is 20.1 Å². The molecule has 108 valence electrons. The lowest BCUT2D eigenvalue weighted by Gasteiger charge is -2.27. The Kier molecular flexibility index (Phi) is 5.11. The van der Waals surface area contributed by atoms with Crippen LogP contribution in [0, 0.1) is 0 Å². The van der Waals surface area contributed by atoms with Gasteiger partial charge in [-0.05, 0) is 0 Å². The van der Waals surface area contributed by atoms with Crippen LogP contribution < -0.4 is 5.32 Å². The molecule has 8 nitrogen and oxygen atoms in total. The van der Waals surface area contributed by atoms with Crippen molar-refractivity contribution in [1.82, 2.24) is 10.2 Å². The van der Waals surface area contributed by atoms with Gasteiger partial charge in [-0.15, -0.1) is 0 Å². The number of rotatable bonds is 5. The molecule has 0 aromatic carbocycles. The summed E-state index contributed by atoms with van der Waals surface area (Å²) >= 11 is 0. The average molecular weight is 274 g/mol. The molecule has 19 heavy (non-hydrogen) atoms. The van der Waals surface area contributed by atoms with Crippen LogP contribution in [0.5, 0.6) is 0 Å².